The van der Waals surface area contributed by atoms with Gasteiger partial charge in [-0.25, -0.2) is 4.98 Å². The zero-order valence-electron chi connectivity index (χ0n) is 13.8. The standard InChI is InChI=1S/C19H15BrN4O2/c20-12-1-4-15-16(7-12)19(5-6-19)11-24(18(15)26)10-17(25)23-14-3-2-13(8-21)22-9-14/h1-4,7,9H,5-6,10-11H2,(H,23,25). The number of hydrogen-bond donors (Lipinski definition) is 1. The van der Waals surface area contributed by atoms with E-state index in [1.54, 1.807) is 11.0 Å². The molecule has 2 amide bonds. The molecule has 1 aromatic heterocycles. The van der Waals surface area contributed by atoms with Crippen molar-refractivity contribution in [2.24, 2.45) is 0 Å². The van der Waals surface area contributed by atoms with Gasteiger partial charge in [-0.3, -0.25) is 9.59 Å². The Bertz CT molecular complexity index is 945. The topological polar surface area (TPSA) is 86.1 Å². The summed E-state index contributed by atoms with van der Waals surface area (Å²) in [4.78, 5) is 30.7. The number of amides is 2. The van der Waals surface area contributed by atoms with Gasteiger partial charge in [-0.2, -0.15) is 5.26 Å². The predicted octanol–water partition coefficient (Wildman–Crippen LogP) is 2.84. The minimum atomic E-state index is -0.277. The van der Waals surface area contributed by atoms with Gasteiger partial charge in [0, 0.05) is 22.0 Å². The van der Waals surface area contributed by atoms with Gasteiger partial charge in [0.25, 0.3) is 5.91 Å². The zero-order chi connectivity index (χ0) is 18.3. The lowest BCUT2D eigenvalue weighted by atomic mass is 9.86. The van der Waals surface area contributed by atoms with Gasteiger partial charge in [-0.05, 0) is 48.7 Å². The van der Waals surface area contributed by atoms with Crippen LogP contribution in [0.15, 0.2) is 41.0 Å². The minimum Gasteiger partial charge on any atom is -0.328 e. The second kappa shape index (κ2) is 6.22. The number of fused-ring (bicyclic) bond motifs is 2. The van der Waals surface area contributed by atoms with Crippen LogP contribution in [-0.2, 0) is 10.2 Å². The van der Waals surface area contributed by atoms with Crippen molar-refractivity contribution < 1.29 is 9.59 Å². The molecule has 1 spiro atoms. The van der Waals surface area contributed by atoms with Crippen molar-refractivity contribution in [2.45, 2.75) is 18.3 Å². The highest BCUT2D eigenvalue weighted by atomic mass is 79.9. The molecule has 7 heteroatoms. The maximum Gasteiger partial charge on any atom is 0.254 e. The molecule has 26 heavy (non-hydrogen) atoms. The zero-order valence-corrected chi connectivity index (χ0v) is 15.4. The van der Waals surface area contributed by atoms with E-state index >= 15 is 0 Å². The quantitative estimate of drug-likeness (QED) is 0.842. The largest absolute Gasteiger partial charge is 0.328 e. The molecule has 1 aliphatic heterocycles. The highest BCUT2D eigenvalue weighted by Gasteiger charge is 2.51. The molecule has 0 atom stereocenters. The lowest BCUT2D eigenvalue weighted by Gasteiger charge is -2.34. The van der Waals surface area contributed by atoms with Crippen molar-refractivity contribution >= 4 is 33.4 Å². The predicted molar refractivity (Wildman–Crippen MR) is 98.5 cm³/mol. The van der Waals surface area contributed by atoms with Gasteiger partial charge in [0.05, 0.1) is 11.9 Å². The van der Waals surface area contributed by atoms with Crippen LogP contribution in [0, 0.1) is 11.3 Å². The molecule has 130 valence electrons. The summed E-state index contributed by atoms with van der Waals surface area (Å²) < 4.78 is 0.967. The smallest absolute Gasteiger partial charge is 0.254 e. The number of hydrogen-bond acceptors (Lipinski definition) is 4. The Morgan fingerprint density at radius 3 is 2.81 bits per heavy atom. The summed E-state index contributed by atoms with van der Waals surface area (Å²) in [5.41, 5.74) is 2.55. The Balaban J connectivity index is 1.50. The van der Waals surface area contributed by atoms with Gasteiger partial charge in [0.15, 0.2) is 0 Å². The molecule has 2 heterocycles. The average Bonchev–Trinajstić information content (AvgIpc) is 3.40. The Labute approximate surface area is 159 Å². The molecular formula is C19H15BrN4O2. The van der Waals surface area contributed by atoms with Crippen LogP contribution in [0.3, 0.4) is 0 Å². The number of carbonyl (C=O) groups is 2. The van der Waals surface area contributed by atoms with E-state index in [2.05, 4.69) is 26.2 Å². The third-order valence-corrected chi connectivity index (χ3v) is 5.41. The number of nitrogens with zero attached hydrogens (tertiary/aromatic N) is 3. The lowest BCUT2D eigenvalue weighted by molar-refractivity contribution is -0.117. The first-order chi connectivity index (χ1) is 12.5. The Hall–Kier alpha value is -2.72. The van der Waals surface area contributed by atoms with Gasteiger partial charge >= 0.3 is 0 Å². The van der Waals surface area contributed by atoms with E-state index in [0.29, 0.717) is 17.8 Å². The normalized spacial score (nSPS) is 16.8. The van der Waals surface area contributed by atoms with E-state index in [1.165, 1.54) is 12.3 Å². The number of halogens is 1. The summed E-state index contributed by atoms with van der Waals surface area (Å²) in [7, 11) is 0. The van der Waals surface area contributed by atoms with Gasteiger partial charge in [0.2, 0.25) is 5.91 Å². The number of anilines is 1. The summed E-state index contributed by atoms with van der Waals surface area (Å²) in [6.07, 6.45) is 3.49. The molecule has 1 aromatic carbocycles. The number of pyridine rings is 1. The molecule has 1 saturated carbocycles. The molecular weight excluding hydrogens is 396 g/mol. The molecule has 4 rings (SSSR count). The average molecular weight is 411 g/mol. The van der Waals surface area contributed by atoms with Crippen LogP contribution < -0.4 is 5.32 Å². The molecule has 0 bridgehead atoms. The molecule has 2 aliphatic rings. The summed E-state index contributed by atoms with van der Waals surface area (Å²) >= 11 is 3.48. The Morgan fingerprint density at radius 1 is 1.35 bits per heavy atom. The highest BCUT2D eigenvalue weighted by Crippen LogP contribution is 2.52. The fraction of sp³-hybridized carbons (Fsp3) is 0.263. The van der Waals surface area contributed by atoms with Crippen molar-refractivity contribution in [3.8, 4) is 6.07 Å². The number of carbonyl (C=O) groups excluding carboxylic acids is 2. The van der Waals surface area contributed by atoms with E-state index in [-0.39, 0.29) is 29.5 Å². The van der Waals surface area contributed by atoms with Crippen LogP contribution in [0.1, 0.15) is 34.5 Å². The maximum absolute atomic E-state index is 12.8. The third kappa shape index (κ3) is 2.97. The molecule has 0 saturated heterocycles. The van der Waals surface area contributed by atoms with E-state index in [9.17, 15) is 9.59 Å². The van der Waals surface area contributed by atoms with Crippen LogP contribution in [-0.4, -0.2) is 34.8 Å². The third-order valence-electron chi connectivity index (χ3n) is 4.91. The van der Waals surface area contributed by atoms with Gasteiger partial charge in [0.1, 0.15) is 18.3 Å². The monoisotopic (exact) mass is 410 g/mol. The van der Waals surface area contributed by atoms with E-state index in [4.69, 9.17) is 5.26 Å². The summed E-state index contributed by atoms with van der Waals surface area (Å²) in [6.45, 7) is 0.560. The van der Waals surface area contributed by atoms with Gasteiger partial charge < -0.3 is 10.2 Å². The summed E-state index contributed by atoms with van der Waals surface area (Å²) in [6, 6.07) is 10.8. The molecule has 6 nitrogen and oxygen atoms in total. The fourth-order valence-corrected chi connectivity index (χ4v) is 3.81. The van der Waals surface area contributed by atoms with Crippen molar-refractivity contribution in [1.29, 1.82) is 5.26 Å². The number of aromatic nitrogens is 1. The van der Waals surface area contributed by atoms with Crippen LogP contribution in [0.4, 0.5) is 5.69 Å². The van der Waals surface area contributed by atoms with Crippen molar-refractivity contribution in [2.75, 3.05) is 18.4 Å². The first-order valence-electron chi connectivity index (χ1n) is 8.26. The molecule has 1 aliphatic carbocycles. The Kier molecular flexibility index (Phi) is 4.00. The molecule has 2 aromatic rings. The summed E-state index contributed by atoms with van der Waals surface area (Å²) in [5.74, 6) is -0.389. The van der Waals surface area contributed by atoms with Crippen LogP contribution in [0.5, 0.6) is 0 Å². The number of nitrogens with one attached hydrogen (secondary N) is 1. The number of rotatable bonds is 3. The van der Waals surface area contributed by atoms with Crippen LogP contribution in [0.25, 0.3) is 0 Å². The first-order valence-corrected chi connectivity index (χ1v) is 9.05. The van der Waals surface area contributed by atoms with Crippen molar-refractivity contribution in [1.82, 2.24) is 9.88 Å². The van der Waals surface area contributed by atoms with Crippen LogP contribution in [0.2, 0.25) is 0 Å². The molecule has 0 radical (unpaired) electrons. The van der Waals surface area contributed by atoms with E-state index in [1.807, 2.05) is 24.3 Å². The molecule has 1 N–H and O–H groups in total. The second-order valence-electron chi connectivity index (χ2n) is 6.72. The van der Waals surface area contributed by atoms with E-state index < -0.39 is 0 Å². The SMILES string of the molecule is N#Cc1ccc(NC(=O)CN2CC3(CC3)c3cc(Br)ccc3C2=O)cn1. The Morgan fingerprint density at radius 2 is 2.15 bits per heavy atom. The molecule has 0 unspecified atom stereocenters. The van der Waals surface area contributed by atoms with Crippen molar-refractivity contribution in [3.05, 3.63) is 57.8 Å². The second-order valence-corrected chi connectivity index (χ2v) is 7.64. The number of benzene rings is 1. The van der Waals surface area contributed by atoms with E-state index in [0.717, 1.165) is 22.9 Å². The highest BCUT2D eigenvalue weighted by molar-refractivity contribution is 9.10. The van der Waals surface area contributed by atoms with Crippen LogP contribution >= 0.6 is 15.9 Å². The maximum atomic E-state index is 12.8. The first kappa shape index (κ1) is 16.7. The lowest BCUT2D eigenvalue weighted by Crippen LogP contribution is -2.46. The van der Waals surface area contributed by atoms with Crippen molar-refractivity contribution in [3.63, 3.8) is 0 Å². The van der Waals surface area contributed by atoms with Gasteiger partial charge in [-0.1, -0.05) is 15.9 Å². The number of nitriles is 1. The summed E-state index contributed by atoms with van der Waals surface area (Å²) in [5, 5.41) is 11.5. The molecule has 1 fully saturated rings. The van der Waals surface area contributed by atoms with Gasteiger partial charge in [-0.15, -0.1) is 0 Å². The fourth-order valence-electron chi connectivity index (χ4n) is 3.45. The minimum absolute atomic E-state index is 0.00388.